The summed E-state index contributed by atoms with van der Waals surface area (Å²) in [5.74, 6) is 0.452. The molecule has 170 valence electrons. The molecule has 1 aromatic heterocycles. The van der Waals surface area contributed by atoms with Crippen LogP contribution in [0.5, 0.6) is 0 Å². The fourth-order valence-corrected chi connectivity index (χ4v) is 3.63. The first-order valence-corrected chi connectivity index (χ1v) is 11.1. The fourth-order valence-electron chi connectivity index (χ4n) is 2.90. The number of aryl methyl sites for hydroxylation is 1. The Balaban J connectivity index is 2.00. The second-order valence-corrected chi connectivity index (χ2v) is 8.12. The minimum Gasteiger partial charge on any atom is -0.744 e. The number of rotatable bonds is 10. The zero-order valence-electron chi connectivity index (χ0n) is 17.3. The van der Waals surface area contributed by atoms with Crippen LogP contribution in [0.1, 0.15) is 5.56 Å². The number of nitrogens with one attached hydrogen (secondary N) is 2. The monoisotopic (exact) mass is 459 g/mol. The molecule has 11 nitrogen and oxygen atoms in total. The van der Waals surface area contributed by atoms with Gasteiger partial charge in [0.05, 0.1) is 18.1 Å². The van der Waals surface area contributed by atoms with E-state index >= 15 is 0 Å². The Labute approximate surface area is 185 Å². The topological polar surface area (TPSA) is 164 Å². The van der Waals surface area contributed by atoms with Crippen LogP contribution < -0.4 is 15.5 Å². The second kappa shape index (κ2) is 10.3. The van der Waals surface area contributed by atoms with Gasteiger partial charge in [-0.05, 0) is 36.8 Å². The molecule has 0 aliphatic heterocycles. The van der Waals surface area contributed by atoms with E-state index in [-0.39, 0.29) is 49.0 Å². The molecule has 0 radical (unpaired) electrons. The van der Waals surface area contributed by atoms with Gasteiger partial charge in [0, 0.05) is 24.5 Å². The second-order valence-electron chi connectivity index (χ2n) is 6.77. The third-order valence-corrected chi connectivity index (χ3v) is 5.37. The van der Waals surface area contributed by atoms with E-state index in [1.165, 1.54) is 19.1 Å². The minimum atomic E-state index is -4.65. The van der Waals surface area contributed by atoms with Gasteiger partial charge in [-0.2, -0.15) is 15.0 Å². The number of para-hydroxylation sites is 1. The lowest BCUT2D eigenvalue weighted by atomic mass is 10.2. The molecule has 0 aliphatic carbocycles. The van der Waals surface area contributed by atoms with Crippen LogP contribution in [0.2, 0.25) is 0 Å². The SMILES string of the molecule is Cc1ccc(Nc2nc(Nc3ccccc3)nc(N(CCO)CCO)n2)cc1S(=O)(=O)[O-]. The van der Waals surface area contributed by atoms with Crippen LogP contribution >= 0.6 is 0 Å². The van der Waals surface area contributed by atoms with Crippen LogP contribution in [0.3, 0.4) is 0 Å². The van der Waals surface area contributed by atoms with Crippen molar-refractivity contribution in [1.82, 2.24) is 15.0 Å². The van der Waals surface area contributed by atoms with Crippen LogP contribution in [-0.2, 0) is 10.1 Å². The van der Waals surface area contributed by atoms with Crippen molar-refractivity contribution in [2.75, 3.05) is 41.8 Å². The molecule has 0 atom stereocenters. The van der Waals surface area contributed by atoms with Crippen molar-refractivity contribution >= 4 is 39.3 Å². The number of nitrogens with zero attached hydrogens (tertiary/aromatic N) is 4. The molecule has 12 heteroatoms. The van der Waals surface area contributed by atoms with Gasteiger partial charge in [0.1, 0.15) is 10.1 Å². The number of aromatic nitrogens is 3. The lowest BCUT2D eigenvalue weighted by Gasteiger charge is -2.21. The van der Waals surface area contributed by atoms with E-state index in [1.54, 1.807) is 11.0 Å². The van der Waals surface area contributed by atoms with Crippen LogP contribution in [-0.4, -0.2) is 64.4 Å². The smallest absolute Gasteiger partial charge is 0.233 e. The van der Waals surface area contributed by atoms with Gasteiger partial charge in [-0.25, -0.2) is 8.42 Å². The summed E-state index contributed by atoms with van der Waals surface area (Å²) in [7, 11) is -4.65. The average Bonchev–Trinajstić information content (AvgIpc) is 2.75. The molecular formula is C20H23N6O5S-. The number of hydrogen-bond donors (Lipinski definition) is 4. The van der Waals surface area contributed by atoms with Gasteiger partial charge in [-0.1, -0.05) is 24.3 Å². The third kappa shape index (κ3) is 6.11. The first-order chi connectivity index (χ1) is 15.3. The maximum absolute atomic E-state index is 11.5. The van der Waals surface area contributed by atoms with E-state index in [0.29, 0.717) is 11.3 Å². The highest BCUT2D eigenvalue weighted by molar-refractivity contribution is 7.85. The molecule has 0 spiro atoms. The van der Waals surface area contributed by atoms with Crippen molar-refractivity contribution in [1.29, 1.82) is 0 Å². The van der Waals surface area contributed by atoms with Crippen molar-refractivity contribution in [2.24, 2.45) is 0 Å². The molecule has 0 saturated heterocycles. The quantitative estimate of drug-likeness (QED) is 0.324. The van der Waals surface area contributed by atoms with E-state index in [1.807, 2.05) is 30.3 Å². The minimum absolute atomic E-state index is 0.0763. The maximum atomic E-state index is 11.5. The molecule has 0 unspecified atom stereocenters. The molecule has 0 fully saturated rings. The van der Waals surface area contributed by atoms with Crippen LogP contribution in [0.4, 0.5) is 29.2 Å². The molecule has 0 amide bonds. The first kappa shape index (κ1) is 23.3. The van der Waals surface area contributed by atoms with Crippen molar-refractivity contribution in [3.8, 4) is 0 Å². The van der Waals surface area contributed by atoms with Gasteiger partial charge >= 0.3 is 0 Å². The number of aliphatic hydroxyl groups is 2. The number of hydrogen-bond acceptors (Lipinski definition) is 11. The van der Waals surface area contributed by atoms with Gasteiger partial charge in [-0.3, -0.25) is 0 Å². The molecule has 0 aliphatic rings. The lowest BCUT2D eigenvalue weighted by molar-refractivity contribution is 0.280. The van der Waals surface area contributed by atoms with Gasteiger partial charge in [0.15, 0.2) is 0 Å². The molecule has 32 heavy (non-hydrogen) atoms. The third-order valence-electron chi connectivity index (χ3n) is 4.39. The van der Waals surface area contributed by atoms with Crippen molar-refractivity contribution in [3.05, 3.63) is 54.1 Å². The first-order valence-electron chi connectivity index (χ1n) is 9.68. The highest BCUT2D eigenvalue weighted by atomic mass is 32.2. The summed E-state index contributed by atoms with van der Waals surface area (Å²) >= 11 is 0. The van der Waals surface area contributed by atoms with Gasteiger partial charge in [0.2, 0.25) is 17.8 Å². The maximum Gasteiger partial charge on any atom is 0.233 e. The summed E-state index contributed by atoms with van der Waals surface area (Å²) in [5.41, 5.74) is 1.34. The molecule has 0 bridgehead atoms. The summed E-state index contributed by atoms with van der Waals surface area (Å²) < 4.78 is 34.5. The van der Waals surface area contributed by atoms with Crippen LogP contribution in [0.25, 0.3) is 0 Å². The van der Waals surface area contributed by atoms with Gasteiger partial charge < -0.3 is 30.3 Å². The van der Waals surface area contributed by atoms with E-state index in [9.17, 15) is 23.2 Å². The van der Waals surface area contributed by atoms with E-state index < -0.39 is 10.1 Å². The Morgan fingerprint density at radius 3 is 2.06 bits per heavy atom. The molecular weight excluding hydrogens is 436 g/mol. The number of aliphatic hydroxyl groups excluding tert-OH is 2. The Hall–Kier alpha value is -3.32. The van der Waals surface area contributed by atoms with Gasteiger partial charge in [-0.15, -0.1) is 0 Å². The largest absolute Gasteiger partial charge is 0.744 e. The Kier molecular flexibility index (Phi) is 7.53. The van der Waals surface area contributed by atoms with E-state index in [2.05, 4.69) is 25.6 Å². The summed E-state index contributed by atoms with van der Waals surface area (Å²) in [6.07, 6.45) is 0. The Morgan fingerprint density at radius 1 is 0.906 bits per heavy atom. The predicted octanol–water partition coefficient (Wildman–Crippen LogP) is 1.36. The summed E-state index contributed by atoms with van der Waals surface area (Å²) in [6, 6.07) is 13.5. The van der Waals surface area contributed by atoms with Crippen LogP contribution in [0, 0.1) is 6.92 Å². The zero-order valence-corrected chi connectivity index (χ0v) is 18.1. The highest BCUT2D eigenvalue weighted by Crippen LogP contribution is 2.24. The standard InChI is InChI=1S/C20H24N6O5S/c1-14-7-8-16(13-17(14)32(29,30)31)22-19-23-18(21-15-5-3-2-4-6-15)24-20(25-19)26(9-11-27)10-12-28/h2-8,13,27-28H,9-12H2,1H3,(H,29,30,31)(H2,21,22,23,24,25)/p-1. The number of anilines is 5. The lowest BCUT2D eigenvalue weighted by Crippen LogP contribution is -2.31. The van der Waals surface area contributed by atoms with E-state index in [4.69, 9.17) is 0 Å². The fraction of sp³-hybridized carbons (Fsp3) is 0.250. The van der Waals surface area contributed by atoms with E-state index in [0.717, 1.165) is 5.69 Å². The molecule has 3 rings (SSSR count). The average molecular weight is 460 g/mol. The molecule has 2 aromatic carbocycles. The summed E-state index contributed by atoms with van der Waals surface area (Å²) in [4.78, 5) is 14.2. The van der Waals surface area contributed by atoms with Crippen LogP contribution in [0.15, 0.2) is 53.4 Å². The van der Waals surface area contributed by atoms with Crippen molar-refractivity contribution < 1.29 is 23.2 Å². The Bertz CT molecular complexity index is 1150. The van der Waals surface area contributed by atoms with Crippen molar-refractivity contribution in [2.45, 2.75) is 11.8 Å². The Morgan fingerprint density at radius 2 is 1.50 bits per heavy atom. The summed E-state index contributed by atoms with van der Waals surface area (Å²) in [5, 5.41) is 24.7. The normalized spacial score (nSPS) is 11.2. The predicted molar refractivity (Wildman–Crippen MR) is 118 cm³/mol. The number of benzene rings is 2. The van der Waals surface area contributed by atoms with Gasteiger partial charge in [0.25, 0.3) is 0 Å². The molecule has 3 aromatic rings. The van der Waals surface area contributed by atoms with Crippen molar-refractivity contribution in [3.63, 3.8) is 0 Å². The summed E-state index contributed by atoms with van der Waals surface area (Å²) in [6.45, 7) is 1.52. The zero-order chi connectivity index (χ0) is 23.1. The molecule has 4 N–H and O–H groups in total. The highest BCUT2D eigenvalue weighted by Gasteiger charge is 2.15. The molecule has 0 saturated carbocycles. The molecule has 1 heterocycles.